The van der Waals surface area contributed by atoms with Gasteiger partial charge in [-0.1, -0.05) is 0 Å². The van der Waals surface area contributed by atoms with Gasteiger partial charge in [-0.05, 0) is 48.1 Å². The number of rotatable bonds is 3. The van der Waals surface area contributed by atoms with Crippen molar-refractivity contribution in [1.29, 1.82) is 0 Å². The maximum atomic E-state index is 3.70. The average molecular weight is 236 g/mol. The predicted octanol–water partition coefficient (Wildman–Crippen LogP) is 2.32. The van der Waals surface area contributed by atoms with E-state index in [0.717, 1.165) is 25.0 Å². The third-order valence-electron chi connectivity index (χ3n) is 3.89. The number of thiophene rings is 1. The van der Waals surface area contributed by atoms with Gasteiger partial charge in [0, 0.05) is 31.7 Å². The van der Waals surface area contributed by atoms with Gasteiger partial charge in [0.05, 0.1) is 0 Å². The molecule has 0 aromatic carbocycles. The van der Waals surface area contributed by atoms with Crippen LogP contribution in [0.2, 0.25) is 0 Å². The lowest BCUT2D eigenvalue weighted by Crippen LogP contribution is -2.55. The van der Waals surface area contributed by atoms with E-state index < -0.39 is 0 Å². The fourth-order valence-corrected chi connectivity index (χ4v) is 3.26. The Balaban J connectivity index is 1.62. The number of nitrogens with one attached hydrogen (secondary N) is 1. The van der Waals surface area contributed by atoms with Gasteiger partial charge < -0.3 is 5.32 Å². The molecule has 0 spiro atoms. The molecule has 3 heteroatoms. The molecule has 2 aliphatic rings. The SMILES string of the molecule is CC1CNC(C2CC2)CN1Cc1ccsc1. The predicted molar refractivity (Wildman–Crippen MR) is 68.7 cm³/mol. The minimum Gasteiger partial charge on any atom is -0.311 e. The van der Waals surface area contributed by atoms with E-state index in [1.165, 1.54) is 24.9 Å². The molecule has 1 aromatic heterocycles. The molecule has 1 saturated heterocycles. The third-order valence-corrected chi connectivity index (χ3v) is 4.62. The second kappa shape index (κ2) is 4.47. The Labute approximate surface area is 102 Å². The highest BCUT2D eigenvalue weighted by Crippen LogP contribution is 2.34. The topological polar surface area (TPSA) is 15.3 Å². The molecule has 2 nitrogen and oxygen atoms in total. The molecule has 0 radical (unpaired) electrons. The maximum absolute atomic E-state index is 3.70. The second-order valence-corrected chi connectivity index (χ2v) is 6.04. The number of nitrogens with zero attached hydrogens (tertiary/aromatic N) is 1. The summed E-state index contributed by atoms with van der Waals surface area (Å²) in [5, 5.41) is 8.16. The summed E-state index contributed by atoms with van der Waals surface area (Å²) in [4.78, 5) is 2.64. The molecule has 2 atom stereocenters. The Morgan fingerprint density at radius 2 is 2.38 bits per heavy atom. The van der Waals surface area contributed by atoms with Gasteiger partial charge in [0.15, 0.2) is 0 Å². The summed E-state index contributed by atoms with van der Waals surface area (Å²) in [6, 6.07) is 3.69. The fraction of sp³-hybridized carbons (Fsp3) is 0.692. The smallest absolute Gasteiger partial charge is 0.0246 e. The molecule has 2 fully saturated rings. The molecule has 2 heterocycles. The minimum atomic E-state index is 0.676. The van der Waals surface area contributed by atoms with E-state index in [9.17, 15) is 0 Å². The van der Waals surface area contributed by atoms with Crippen molar-refractivity contribution < 1.29 is 0 Å². The van der Waals surface area contributed by atoms with Crippen LogP contribution in [0.5, 0.6) is 0 Å². The van der Waals surface area contributed by atoms with Crippen LogP contribution >= 0.6 is 11.3 Å². The second-order valence-electron chi connectivity index (χ2n) is 5.26. The van der Waals surface area contributed by atoms with Crippen LogP contribution in [-0.4, -0.2) is 30.1 Å². The average Bonchev–Trinajstić information content (AvgIpc) is 3.01. The van der Waals surface area contributed by atoms with Gasteiger partial charge in [0.2, 0.25) is 0 Å². The van der Waals surface area contributed by atoms with Crippen molar-refractivity contribution in [3.8, 4) is 0 Å². The van der Waals surface area contributed by atoms with E-state index in [-0.39, 0.29) is 0 Å². The molecule has 3 rings (SSSR count). The van der Waals surface area contributed by atoms with Crippen LogP contribution < -0.4 is 5.32 Å². The molecule has 1 N–H and O–H groups in total. The monoisotopic (exact) mass is 236 g/mol. The summed E-state index contributed by atoms with van der Waals surface area (Å²) in [5.74, 6) is 0.970. The van der Waals surface area contributed by atoms with Gasteiger partial charge >= 0.3 is 0 Å². The Hall–Kier alpha value is -0.380. The first-order chi connectivity index (χ1) is 7.83. The Morgan fingerprint density at radius 1 is 1.50 bits per heavy atom. The molecule has 2 unspecified atom stereocenters. The van der Waals surface area contributed by atoms with Gasteiger partial charge in [0.25, 0.3) is 0 Å². The quantitative estimate of drug-likeness (QED) is 0.866. The van der Waals surface area contributed by atoms with Crippen molar-refractivity contribution in [2.24, 2.45) is 5.92 Å². The van der Waals surface area contributed by atoms with E-state index in [4.69, 9.17) is 0 Å². The number of hydrogen-bond donors (Lipinski definition) is 1. The summed E-state index contributed by atoms with van der Waals surface area (Å²) < 4.78 is 0. The summed E-state index contributed by atoms with van der Waals surface area (Å²) in [5.41, 5.74) is 1.48. The Morgan fingerprint density at radius 3 is 3.06 bits per heavy atom. The van der Waals surface area contributed by atoms with Crippen LogP contribution in [0.25, 0.3) is 0 Å². The molecular weight excluding hydrogens is 216 g/mol. The zero-order chi connectivity index (χ0) is 11.0. The molecule has 1 saturated carbocycles. The first-order valence-corrected chi connectivity index (χ1v) is 7.26. The molecule has 1 aromatic rings. The van der Waals surface area contributed by atoms with Gasteiger partial charge in [-0.15, -0.1) is 0 Å². The van der Waals surface area contributed by atoms with Gasteiger partial charge in [-0.3, -0.25) is 4.90 Å². The van der Waals surface area contributed by atoms with Crippen LogP contribution in [0.3, 0.4) is 0 Å². The van der Waals surface area contributed by atoms with Crippen LogP contribution in [0, 0.1) is 5.92 Å². The number of piperazine rings is 1. The van der Waals surface area contributed by atoms with E-state index in [2.05, 4.69) is 34.0 Å². The molecule has 1 aliphatic heterocycles. The van der Waals surface area contributed by atoms with Gasteiger partial charge in [0.1, 0.15) is 0 Å². The Kier molecular flexibility index (Phi) is 3.01. The Bertz CT molecular complexity index is 332. The van der Waals surface area contributed by atoms with Crippen LogP contribution in [0.4, 0.5) is 0 Å². The third kappa shape index (κ3) is 2.31. The van der Waals surface area contributed by atoms with Crippen molar-refractivity contribution in [1.82, 2.24) is 10.2 Å². The molecule has 16 heavy (non-hydrogen) atoms. The lowest BCUT2D eigenvalue weighted by molar-refractivity contribution is 0.125. The van der Waals surface area contributed by atoms with Crippen LogP contribution in [0.15, 0.2) is 16.8 Å². The molecule has 0 bridgehead atoms. The summed E-state index contributed by atoms with van der Waals surface area (Å²) in [6.07, 6.45) is 2.89. The highest BCUT2D eigenvalue weighted by Gasteiger charge is 2.35. The first kappa shape index (κ1) is 10.8. The molecule has 0 amide bonds. The largest absolute Gasteiger partial charge is 0.311 e. The van der Waals surface area contributed by atoms with Crippen molar-refractivity contribution in [3.05, 3.63) is 22.4 Å². The summed E-state index contributed by atoms with van der Waals surface area (Å²) in [6.45, 7) is 5.87. The van der Waals surface area contributed by atoms with E-state index >= 15 is 0 Å². The summed E-state index contributed by atoms with van der Waals surface area (Å²) in [7, 11) is 0. The van der Waals surface area contributed by atoms with Crippen molar-refractivity contribution in [2.75, 3.05) is 13.1 Å². The lowest BCUT2D eigenvalue weighted by atomic mass is 10.1. The van der Waals surface area contributed by atoms with Crippen molar-refractivity contribution >= 4 is 11.3 Å². The van der Waals surface area contributed by atoms with Crippen molar-refractivity contribution in [2.45, 2.75) is 38.4 Å². The first-order valence-electron chi connectivity index (χ1n) is 6.31. The number of hydrogen-bond acceptors (Lipinski definition) is 3. The van der Waals surface area contributed by atoms with Crippen LogP contribution in [0.1, 0.15) is 25.3 Å². The van der Waals surface area contributed by atoms with Crippen LogP contribution in [-0.2, 0) is 6.54 Å². The lowest BCUT2D eigenvalue weighted by Gasteiger charge is -2.39. The maximum Gasteiger partial charge on any atom is 0.0246 e. The van der Waals surface area contributed by atoms with Crippen molar-refractivity contribution in [3.63, 3.8) is 0 Å². The summed E-state index contributed by atoms with van der Waals surface area (Å²) >= 11 is 1.81. The highest BCUT2D eigenvalue weighted by molar-refractivity contribution is 7.07. The highest BCUT2D eigenvalue weighted by atomic mass is 32.1. The zero-order valence-corrected chi connectivity index (χ0v) is 10.7. The minimum absolute atomic E-state index is 0.676. The zero-order valence-electron chi connectivity index (χ0n) is 9.86. The standard InChI is InChI=1S/C13H20N2S/c1-10-6-14-13(12-2-3-12)8-15(10)7-11-4-5-16-9-11/h4-5,9-10,12-14H,2-3,6-8H2,1H3. The van der Waals surface area contributed by atoms with E-state index in [1.807, 2.05) is 0 Å². The molecule has 88 valence electrons. The fourth-order valence-electron chi connectivity index (χ4n) is 2.60. The molecule has 1 aliphatic carbocycles. The molecular formula is C13H20N2S. The van der Waals surface area contributed by atoms with E-state index in [0.29, 0.717) is 6.04 Å². The van der Waals surface area contributed by atoms with Gasteiger partial charge in [-0.25, -0.2) is 0 Å². The van der Waals surface area contributed by atoms with Gasteiger partial charge in [-0.2, -0.15) is 11.3 Å². The normalized spacial score (nSPS) is 31.8. The van der Waals surface area contributed by atoms with E-state index in [1.54, 1.807) is 11.3 Å².